The minimum absolute atomic E-state index is 0.233. The second-order valence-electron chi connectivity index (χ2n) is 6.40. The van der Waals surface area contributed by atoms with E-state index in [1.165, 1.54) is 11.1 Å². The summed E-state index contributed by atoms with van der Waals surface area (Å²) in [6, 6.07) is 13.9. The van der Waals surface area contributed by atoms with Crippen LogP contribution in [0.15, 0.2) is 47.0 Å². The fraction of sp³-hybridized carbons (Fsp3) is 0.190. The van der Waals surface area contributed by atoms with E-state index in [0.29, 0.717) is 17.0 Å². The lowest BCUT2D eigenvalue weighted by molar-refractivity contribution is 0.0472. The molecule has 130 valence electrons. The van der Waals surface area contributed by atoms with E-state index in [-0.39, 0.29) is 18.0 Å². The molecule has 0 aliphatic heterocycles. The predicted octanol–water partition coefficient (Wildman–Crippen LogP) is 3.90. The van der Waals surface area contributed by atoms with Gasteiger partial charge in [0.1, 0.15) is 11.3 Å². The highest BCUT2D eigenvalue weighted by molar-refractivity contribution is 6.00. The number of carbonyl (C=O) groups is 2. The number of esters is 1. The van der Waals surface area contributed by atoms with Crippen molar-refractivity contribution in [3.63, 3.8) is 0 Å². The quantitative estimate of drug-likeness (QED) is 0.414. The summed E-state index contributed by atoms with van der Waals surface area (Å²) in [5.74, 6) is -0.442. The number of aromatic nitrogens is 1. The number of carbonyl (C=O) groups excluding carboxylic acids is 2. The average molecular weight is 347 g/mol. The Morgan fingerprint density at radius 3 is 2.62 bits per heavy atom. The van der Waals surface area contributed by atoms with Crippen LogP contribution in [0.3, 0.4) is 0 Å². The number of fused-ring (bicyclic) bond motifs is 3. The zero-order chi connectivity index (χ0) is 18.3. The minimum atomic E-state index is -0.594. The van der Waals surface area contributed by atoms with Crippen molar-refractivity contribution in [3.8, 4) is 11.1 Å². The molecule has 2 aromatic carbocycles. The van der Waals surface area contributed by atoms with E-state index in [1.807, 2.05) is 24.3 Å². The topological polar surface area (TPSA) is 69.4 Å². The van der Waals surface area contributed by atoms with Crippen LogP contribution in [-0.2, 0) is 11.2 Å². The summed E-state index contributed by atoms with van der Waals surface area (Å²) >= 11 is 0. The molecule has 0 unspecified atom stereocenters. The molecule has 26 heavy (non-hydrogen) atoms. The first-order valence-electron chi connectivity index (χ1n) is 8.39. The molecule has 0 amide bonds. The van der Waals surface area contributed by atoms with Crippen molar-refractivity contribution in [2.24, 2.45) is 0 Å². The van der Waals surface area contributed by atoms with Crippen LogP contribution in [0.25, 0.3) is 11.1 Å². The molecule has 0 atom stereocenters. The van der Waals surface area contributed by atoms with Gasteiger partial charge in [-0.1, -0.05) is 41.6 Å². The first-order valence-corrected chi connectivity index (χ1v) is 8.39. The summed E-state index contributed by atoms with van der Waals surface area (Å²) in [5.41, 5.74) is 6.03. The van der Waals surface area contributed by atoms with Crippen LogP contribution in [0.4, 0.5) is 0 Å². The first kappa shape index (κ1) is 16.3. The Hall–Kier alpha value is -3.21. The van der Waals surface area contributed by atoms with Gasteiger partial charge in [-0.05, 0) is 48.6 Å². The molecular formula is C21H17NO4. The summed E-state index contributed by atoms with van der Waals surface area (Å²) < 4.78 is 10.1. The Morgan fingerprint density at radius 2 is 1.85 bits per heavy atom. The Morgan fingerprint density at radius 1 is 1.08 bits per heavy atom. The van der Waals surface area contributed by atoms with Gasteiger partial charge in [0.15, 0.2) is 12.4 Å². The van der Waals surface area contributed by atoms with Crippen LogP contribution in [0, 0.1) is 13.8 Å². The standard InChI is InChI=1S/C21H17NO4/c1-12-20(13(2)26-22-12)21(24)25-11-19(23)15-7-8-18-16(10-15)9-14-5-3-4-6-17(14)18/h3-8,10H,9,11H2,1-2H3. The van der Waals surface area contributed by atoms with Crippen molar-refractivity contribution in [1.82, 2.24) is 5.16 Å². The first-order chi connectivity index (χ1) is 12.5. The molecule has 1 aliphatic carbocycles. The molecule has 1 heterocycles. The van der Waals surface area contributed by atoms with Crippen molar-refractivity contribution in [2.75, 3.05) is 6.61 Å². The molecule has 3 aromatic rings. The van der Waals surface area contributed by atoms with Crippen LogP contribution >= 0.6 is 0 Å². The summed E-state index contributed by atoms with van der Waals surface area (Å²) in [6.45, 7) is 2.98. The smallest absolute Gasteiger partial charge is 0.344 e. The van der Waals surface area contributed by atoms with E-state index in [4.69, 9.17) is 9.26 Å². The maximum absolute atomic E-state index is 12.4. The molecule has 4 rings (SSSR count). The zero-order valence-corrected chi connectivity index (χ0v) is 14.5. The Bertz CT molecular complexity index is 1010. The number of benzene rings is 2. The molecule has 1 aliphatic rings. The maximum atomic E-state index is 12.4. The lowest BCUT2D eigenvalue weighted by atomic mass is 10.0. The van der Waals surface area contributed by atoms with Crippen LogP contribution in [0.1, 0.15) is 43.3 Å². The van der Waals surface area contributed by atoms with Crippen molar-refractivity contribution >= 4 is 11.8 Å². The molecule has 0 radical (unpaired) electrons. The van der Waals surface area contributed by atoms with E-state index in [9.17, 15) is 9.59 Å². The van der Waals surface area contributed by atoms with Gasteiger partial charge in [-0.25, -0.2) is 4.79 Å². The lowest BCUT2D eigenvalue weighted by Crippen LogP contribution is -2.15. The highest BCUT2D eigenvalue weighted by Gasteiger charge is 2.22. The fourth-order valence-electron chi connectivity index (χ4n) is 3.38. The van der Waals surface area contributed by atoms with Gasteiger partial charge in [0.05, 0.1) is 5.69 Å². The summed E-state index contributed by atoms with van der Waals surface area (Å²) in [6.07, 6.45) is 0.811. The van der Waals surface area contributed by atoms with E-state index >= 15 is 0 Å². The van der Waals surface area contributed by atoms with Crippen LogP contribution < -0.4 is 0 Å². The van der Waals surface area contributed by atoms with E-state index in [2.05, 4.69) is 17.3 Å². The van der Waals surface area contributed by atoms with Crippen LogP contribution in [0.2, 0.25) is 0 Å². The number of rotatable bonds is 4. The van der Waals surface area contributed by atoms with Gasteiger partial charge in [0.2, 0.25) is 0 Å². The molecule has 5 heteroatoms. The third-order valence-electron chi connectivity index (χ3n) is 4.69. The van der Waals surface area contributed by atoms with Gasteiger partial charge < -0.3 is 9.26 Å². The van der Waals surface area contributed by atoms with E-state index in [0.717, 1.165) is 17.5 Å². The van der Waals surface area contributed by atoms with Gasteiger partial charge in [-0.3, -0.25) is 4.79 Å². The molecule has 5 nitrogen and oxygen atoms in total. The minimum Gasteiger partial charge on any atom is -0.454 e. The Balaban J connectivity index is 1.48. The summed E-state index contributed by atoms with van der Waals surface area (Å²) in [4.78, 5) is 24.6. The third kappa shape index (κ3) is 2.71. The SMILES string of the molecule is Cc1noc(C)c1C(=O)OCC(=O)c1ccc2c(c1)Cc1ccccc1-2. The monoisotopic (exact) mass is 347 g/mol. The molecule has 0 N–H and O–H groups in total. The van der Waals surface area contributed by atoms with Gasteiger partial charge in [0.25, 0.3) is 0 Å². The second kappa shape index (κ2) is 6.26. The molecular weight excluding hydrogens is 330 g/mol. The normalized spacial score (nSPS) is 11.8. The van der Waals surface area contributed by atoms with Crippen molar-refractivity contribution in [1.29, 1.82) is 0 Å². The highest BCUT2D eigenvalue weighted by atomic mass is 16.5. The average Bonchev–Trinajstić information content (AvgIpc) is 3.18. The number of Topliss-reactive ketones (excluding diaryl/α,β-unsaturated/α-hetero) is 1. The number of ether oxygens (including phenoxy) is 1. The largest absolute Gasteiger partial charge is 0.454 e. The van der Waals surface area contributed by atoms with Crippen molar-refractivity contribution in [2.45, 2.75) is 20.3 Å². The van der Waals surface area contributed by atoms with Gasteiger partial charge in [-0.2, -0.15) is 0 Å². The second-order valence-corrected chi connectivity index (χ2v) is 6.40. The number of hydrogen-bond donors (Lipinski definition) is 0. The molecule has 0 fully saturated rings. The van der Waals surface area contributed by atoms with Gasteiger partial charge in [0, 0.05) is 5.56 Å². The zero-order valence-electron chi connectivity index (χ0n) is 14.5. The van der Waals surface area contributed by atoms with Crippen LogP contribution in [-0.4, -0.2) is 23.5 Å². The van der Waals surface area contributed by atoms with E-state index in [1.54, 1.807) is 19.9 Å². The number of hydrogen-bond acceptors (Lipinski definition) is 5. The van der Waals surface area contributed by atoms with Crippen molar-refractivity contribution in [3.05, 3.63) is 76.2 Å². The molecule has 0 saturated carbocycles. The summed E-state index contributed by atoms with van der Waals surface area (Å²) in [7, 11) is 0. The fourth-order valence-corrected chi connectivity index (χ4v) is 3.38. The highest BCUT2D eigenvalue weighted by Crippen LogP contribution is 2.36. The molecule has 1 aromatic heterocycles. The third-order valence-corrected chi connectivity index (χ3v) is 4.69. The van der Waals surface area contributed by atoms with Crippen molar-refractivity contribution < 1.29 is 18.8 Å². The Kier molecular flexibility index (Phi) is 3.92. The number of nitrogens with zero attached hydrogens (tertiary/aromatic N) is 1. The molecule has 0 saturated heterocycles. The van der Waals surface area contributed by atoms with Crippen LogP contribution in [0.5, 0.6) is 0 Å². The van der Waals surface area contributed by atoms with Gasteiger partial charge >= 0.3 is 5.97 Å². The molecule has 0 bridgehead atoms. The lowest BCUT2D eigenvalue weighted by Gasteiger charge is -2.06. The van der Waals surface area contributed by atoms with E-state index < -0.39 is 5.97 Å². The Labute approximate surface area is 150 Å². The van der Waals surface area contributed by atoms with Gasteiger partial charge in [-0.15, -0.1) is 0 Å². The predicted molar refractivity (Wildman–Crippen MR) is 95.3 cm³/mol. The summed E-state index contributed by atoms with van der Waals surface area (Å²) in [5, 5.41) is 3.72. The molecule has 0 spiro atoms. The number of aryl methyl sites for hydroxylation is 2. The number of ketones is 1. The maximum Gasteiger partial charge on any atom is 0.344 e.